The summed E-state index contributed by atoms with van der Waals surface area (Å²) in [7, 11) is 0. The highest BCUT2D eigenvalue weighted by atomic mass is 16.2. The van der Waals surface area contributed by atoms with Gasteiger partial charge in [-0.15, -0.1) is 0 Å². The van der Waals surface area contributed by atoms with Crippen LogP contribution in [-0.2, 0) is 0 Å². The van der Waals surface area contributed by atoms with Crippen molar-refractivity contribution in [2.24, 2.45) is 11.7 Å². The molecule has 2 unspecified atom stereocenters. The Morgan fingerprint density at radius 1 is 1.39 bits per heavy atom. The predicted molar refractivity (Wildman–Crippen MR) is 70.4 cm³/mol. The Bertz CT molecular complexity index is 436. The number of nitrogens with zero attached hydrogens (tertiary/aromatic N) is 1. The molecule has 2 fully saturated rings. The van der Waals surface area contributed by atoms with Crippen LogP contribution in [0.1, 0.15) is 48.6 Å². The zero-order valence-corrected chi connectivity index (χ0v) is 10.6. The Morgan fingerprint density at radius 3 is 2.94 bits per heavy atom. The van der Waals surface area contributed by atoms with Crippen molar-refractivity contribution in [1.82, 2.24) is 9.88 Å². The number of hydrogen-bond acceptors (Lipinski definition) is 2. The van der Waals surface area contributed by atoms with Crippen LogP contribution in [0.15, 0.2) is 18.3 Å². The van der Waals surface area contributed by atoms with Gasteiger partial charge in [0, 0.05) is 18.3 Å². The van der Waals surface area contributed by atoms with E-state index in [0.717, 1.165) is 18.5 Å². The Kier molecular flexibility index (Phi) is 3.12. The van der Waals surface area contributed by atoms with Crippen molar-refractivity contribution in [2.75, 3.05) is 6.54 Å². The molecule has 0 saturated heterocycles. The monoisotopic (exact) mass is 247 g/mol. The van der Waals surface area contributed by atoms with E-state index >= 15 is 0 Å². The molecule has 3 rings (SSSR count). The average molecular weight is 247 g/mol. The zero-order valence-electron chi connectivity index (χ0n) is 10.6. The van der Waals surface area contributed by atoms with Crippen molar-refractivity contribution in [1.29, 1.82) is 0 Å². The first-order chi connectivity index (χ1) is 8.79. The van der Waals surface area contributed by atoms with E-state index in [1.165, 1.54) is 19.3 Å². The second-order valence-electron chi connectivity index (χ2n) is 5.54. The zero-order chi connectivity index (χ0) is 12.5. The number of nitrogens with one attached hydrogen (secondary N) is 1. The summed E-state index contributed by atoms with van der Waals surface area (Å²) >= 11 is 0. The van der Waals surface area contributed by atoms with Gasteiger partial charge in [0.05, 0.1) is 0 Å². The maximum Gasteiger partial charge on any atom is 0.268 e. The minimum Gasteiger partial charge on any atom is -0.348 e. The number of nitrogens with two attached hydrogens (primary N) is 1. The molecule has 2 saturated carbocycles. The third kappa shape index (κ3) is 2.17. The maximum absolute atomic E-state index is 12.3. The van der Waals surface area contributed by atoms with Gasteiger partial charge in [-0.1, -0.05) is 6.42 Å². The van der Waals surface area contributed by atoms with Gasteiger partial charge < -0.3 is 15.6 Å². The van der Waals surface area contributed by atoms with Gasteiger partial charge in [0.25, 0.3) is 5.91 Å². The molecule has 2 aliphatic carbocycles. The number of rotatable bonds is 4. The van der Waals surface area contributed by atoms with E-state index < -0.39 is 0 Å². The van der Waals surface area contributed by atoms with Gasteiger partial charge in [-0.3, -0.25) is 4.79 Å². The molecule has 0 spiro atoms. The molecule has 3 N–H and O–H groups in total. The van der Waals surface area contributed by atoms with E-state index in [0.29, 0.717) is 18.5 Å². The summed E-state index contributed by atoms with van der Waals surface area (Å²) in [4.78, 5) is 12.3. The Balaban J connectivity index is 1.68. The standard InChI is InChI=1S/C14H21N3O/c15-9-10-3-1-4-12(10)16-14(18)13-5-2-8-17(13)11-6-7-11/h2,5,8,10-12H,1,3-4,6-7,9,15H2,(H,16,18). The van der Waals surface area contributed by atoms with Crippen molar-refractivity contribution >= 4 is 5.91 Å². The largest absolute Gasteiger partial charge is 0.348 e. The number of amides is 1. The van der Waals surface area contributed by atoms with Crippen LogP contribution in [0.5, 0.6) is 0 Å². The second kappa shape index (κ2) is 4.76. The second-order valence-corrected chi connectivity index (χ2v) is 5.54. The minimum absolute atomic E-state index is 0.0669. The van der Waals surface area contributed by atoms with Crippen LogP contribution in [0.3, 0.4) is 0 Å². The quantitative estimate of drug-likeness (QED) is 0.850. The van der Waals surface area contributed by atoms with Crippen LogP contribution in [0.2, 0.25) is 0 Å². The van der Waals surface area contributed by atoms with Gasteiger partial charge >= 0.3 is 0 Å². The van der Waals surface area contributed by atoms with E-state index in [9.17, 15) is 4.79 Å². The lowest BCUT2D eigenvalue weighted by Gasteiger charge is -2.20. The van der Waals surface area contributed by atoms with Crippen LogP contribution >= 0.6 is 0 Å². The van der Waals surface area contributed by atoms with Crippen LogP contribution < -0.4 is 11.1 Å². The normalized spacial score (nSPS) is 27.4. The predicted octanol–water partition coefficient (Wildman–Crippen LogP) is 1.68. The van der Waals surface area contributed by atoms with Crippen molar-refractivity contribution in [3.63, 3.8) is 0 Å². The highest BCUT2D eigenvalue weighted by molar-refractivity contribution is 5.93. The van der Waals surface area contributed by atoms with E-state index in [4.69, 9.17) is 5.73 Å². The highest BCUT2D eigenvalue weighted by Crippen LogP contribution is 2.36. The fourth-order valence-electron chi connectivity index (χ4n) is 3.01. The molecule has 0 radical (unpaired) electrons. The Labute approximate surface area is 108 Å². The van der Waals surface area contributed by atoms with Gasteiger partial charge in [-0.05, 0) is 50.3 Å². The summed E-state index contributed by atoms with van der Waals surface area (Å²) in [6.45, 7) is 0.675. The smallest absolute Gasteiger partial charge is 0.268 e. The number of carbonyl (C=O) groups excluding carboxylic acids is 1. The summed E-state index contributed by atoms with van der Waals surface area (Å²) < 4.78 is 2.11. The fourth-order valence-corrected chi connectivity index (χ4v) is 3.01. The third-order valence-corrected chi connectivity index (χ3v) is 4.23. The molecule has 1 aromatic rings. The summed E-state index contributed by atoms with van der Waals surface area (Å²) in [5.74, 6) is 0.524. The summed E-state index contributed by atoms with van der Waals surface area (Å²) in [5.41, 5.74) is 6.56. The molecule has 18 heavy (non-hydrogen) atoms. The van der Waals surface area contributed by atoms with Gasteiger partial charge in [-0.2, -0.15) is 0 Å². The molecule has 2 aliphatic rings. The van der Waals surface area contributed by atoms with Gasteiger partial charge in [0.2, 0.25) is 0 Å². The first-order valence-corrected chi connectivity index (χ1v) is 6.97. The SMILES string of the molecule is NCC1CCCC1NC(=O)c1cccn1C1CC1. The van der Waals surface area contributed by atoms with Crippen molar-refractivity contribution in [2.45, 2.75) is 44.2 Å². The molecule has 4 heteroatoms. The molecular weight excluding hydrogens is 226 g/mol. The van der Waals surface area contributed by atoms with Gasteiger partial charge in [0.1, 0.15) is 5.69 Å². The van der Waals surface area contributed by atoms with E-state index in [-0.39, 0.29) is 11.9 Å². The summed E-state index contributed by atoms with van der Waals surface area (Å²) in [6.07, 6.45) is 7.80. The lowest BCUT2D eigenvalue weighted by Crippen LogP contribution is -2.40. The average Bonchev–Trinajstić information content (AvgIpc) is 2.93. The van der Waals surface area contributed by atoms with Crippen molar-refractivity contribution < 1.29 is 4.79 Å². The minimum atomic E-state index is 0.0669. The van der Waals surface area contributed by atoms with Crippen LogP contribution in [0.4, 0.5) is 0 Å². The maximum atomic E-state index is 12.3. The lowest BCUT2D eigenvalue weighted by molar-refractivity contribution is 0.0919. The summed E-state index contributed by atoms with van der Waals surface area (Å²) in [5, 5.41) is 3.17. The molecule has 0 aliphatic heterocycles. The summed E-state index contributed by atoms with van der Waals surface area (Å²) in [6, 6.07) is 4.70. The topological polar surface area (TPSA) is 60.0 Å². The van der Waals surface area contributed by atoms with Crippen molar-refractivity contribution in [3.8, 4) is 0 Å². The molecule has 0 bridgehead atoms. The van der Waals surface area contributed by atoms with Crippen LogP contribution in [0, 0.1) is 5.92 Å². The Hall–Kier alpha value is -1.29. The van der Waals surface area contributed by atoms with Gasteiger partial charge in [-0.25, -0.2) is 0 Å². The van der Waals surface area contributed by atoms with Crippen LogP contribution in [0.25, 0.3) is 0 Å². The molecule has 1 amide bonds. The van der Waals surface area contributed by atoms with E-state index in [1.807, 2.05) is 18.3 Å². The molecule has 4 nitrogen and oxygen atoms in total. The Morgan fingerprint density at radius 2 is 2.22 bits per heavy atom. The molecule has 0 aromatic carbocycles. The van der Waals surface area contributed by atoms with E-state index in [1.54, 1.807) is 0 Å². The van der Waals surface area contributed by atoms with E-state index in [2.05, 4.69) is 9.88 Å². The number of carbonyl (C=O) groups is 1. The first kappa shape index (κ1) is 11.8. The third-order valence-electron chi connectivity index (χ3n) is 4.23. The fraction of sp³-hybridized carbons (Fsp3) is 0.643. The molecule has 1 heterocycles. The lowest BCUT2D eigenvalue weighted by atomic mass is 10.0. The molecule has 98 valence electrons. The molecule has 1 aromatic heterocycles. The highest BCUT2D eigenvalue weighted by Gasteiger charge is 2.30. The van der Waals surface area contributed by atoms with Crippen molar-refractivity contribution in [3.05, 3.63) is 24.0 Å². The van der Waals surface area contributed by atoms with Gasteiger partial charge in [0.15, 0.2) is 0 Å². The number of hydrogen-bond donors (Lipinski definition) is 2. The first-order valence-electron chi connectivity index (χ1n) is 6.97. The number of aromatic nitrogens is 1. The molecule has 2 atom stereocenters. The van der Waals surface area contributed by atoms with Crippen LogP contribution in [-0.4, -0.2) is 23.1 Å². The molecular formula is C14H21N3O.